The van der Waals surface area contributed by atoms with Crippen molar-refractivity contribution in [2.24, 2.45) is 10.8 Å². The van der Waals surface area contributed by atoms with Crippen LogP contribution in [-0.2, 0) is 19.1 Å². The summed E-state index contributed by atoms with van der Waals surface area (Å²) in [5.74, 6) is -1.08. The van der Waals surface area contributed by atoms with Crippen molar-refractivity contribution in [3.63, 3.8) is 0 Å². The summed E-state index contributed by atoms with van der Waals surface area (Å²) < 4.78 is 9.66. The van der Waals surface area contributed by atoms with E-state index in [4.69, 9.17) is 9.47 Å². The molecule has 1 fully saturated rings. The molecule has 4 nitrogen and oxygen atoms in total. The van der Waals surface area contributed by atoms with Crippen LogP contribution in [0.1, 0.15) is 33.6 Å². The van der Waals surface area contributed by atoms with Crippen molar-refractivity contribution >= 4 is 11.9 Å². The average molecular weight is 266 g/mol. The van der Waals surface area contributed by atoms with Crippen molar-refractivity contribution in [1.82, 2.24) is 0 Å². The van der Waals surface area contributed by atoms with Crippen molar-refractivity contribution in [2.75, 3.05) is 14.2 Å². The van der Waals surface area contributed by atoms with Crippen LogP contribution in [0.15, 0.2) is 23.8 Å². The molecule has 0 spiro atoms. The molecule has 1 saturated carbocycles. The SMILES string of the molecule is C=C(C)C1(C)CC(C(=O)OC)(C(=O)OC)C/C1=C\C. The summed E-state index contributed by atoms with van der Waals surface area (Å²) in [7, 11) is 2.58. The molecular formula is C15H22O4. The summed E-state index contributed by atoms with van der Waals surface area (Å²) in [6.07, 6.45) is 2.61. The Kier molecular flexibility index (Phi) is 4.23. The highest BCUT2D eigenvalue weighted by Crippen LogP contribution is 2.57. The molecule has 0 radical (unpaired) electrons. The first-order valence-electron chi connectivity index (χ1n) is 6.27. The van der Waals surface area contributed by atoms with Crippen LogP contribution in [0.2, 0.25) is 0 Å². The van der Waals surface area contributed by atoms with Crippen LogP contribution in [0, 0.1) is 10.8 Å². The highest BCUT2D eigenvalue weighted by atomic mass is 16.5. The van der Waals surface area contributed by atoms with Gasteiger partial charge in [0.05, 0.1) is 14.2 Å². The fourth-order valence-corrected chi connectivity index (χ4v) is 2.91. The van der Waals surface area contributed by atoms with E-state index in [2.05, 4.69) is 6.58 Å². The van der Waals surface area contributed by atoms with Gasteiger partial charge in [0.25, 0.3) is 0 Å². The minimum absolute atomic E-state index is 0.326. The largest absolute Gasteiger partial charge is 0.468 e. The Balaban J connectivity index is 3.37. The van der Waals surface area contributed by atoms with Gasteiger partial charge in [-0.1, -0.05) is 30.7 Å². The van der Waals surface area contributed by atoms with Crippen LogP contribution in [0.3, 0.4) is 0 Å². The first-order valence-corrected chi connectivity index (χ1v) is 6.27. The second-order valence-electron chi connectivity index (χ2n) is 5.35. The third-order valence-corrected chi connectivity index (χ3v) is 4.30. The molecule has 0 aromatic heterocycles. The van der Waals surface area contributed by atoms with Gasteiger partial charge < -0.3 is 9.47 Å². The molecular weight excluding hydrogens is 244 g/mol. The maximum atomic E-state index is 12.1. The second-order valence-corrected chi connectivity index (χ2v) is 5.35. The van der Waals surface area contributed by atoms with E-state index in [1.54, 1.807) is 0 Å². The van der Waals surface area contributed by atoms with Gasteiger partial charge >= 0.3 is 11.9 Å². The van der Waals surface area contributed by atoms with Crippen molar-refractivity contribution in [3.05, 3.63) is 23.8 Å². The summed E-state index contributed by atoms with van der Waals surface area (Å²) >= 11 is 0. The molecule has 0 bridgehead atoms. The van der Waals surface area contributed by atoms with Crippen LogP contribution in [-0.4, -0.2) is 26.2 Å². The maximum absolute atomic E-state index is 12.1. The van der Waals surface area contributed by atoms with Gasteiger partial charge in [-0.2, -0.15) is 0 Å². The van der Waals surface area contributed by atoms with E-state index >= 15 is 0 Å². The van der Waals surface area contributed by atoms with Crippen LogP contribution < -0.4 is 0 Å². The molecule has 0 saturated heterocycles. The first kappa shape index (κ1) is 15.5. The van der Waals surface area contributed by atoms with Gasteiger partial charge in [0.15, 0.2) is 5.41 Å². The zero-order valence-corrected chi connectivity index (χ0v) is 12.3. The van der Waals surface area contributed by atoms with Crippen LogP contribution in [0.25, 0.3) is 0 Å². The van der Waals surface area contributed by atoms with E-state index in [0.717, 1.165) is 11.1 Å². The van der Waals surface area contributed by atoms with Crippen molar-refractivity contribution in [1.29, 1.82) is 0 Å². The molecule has 4 heteroatoms. The highest BCUT2D eigenvalue weighted by Gasteiger charge is 2.59. The highest BCUT2D eigenvalue weighted by molar-refractivity contribution is 6.01. The number of ether oxygens (including phenoxy) is 2. The first-order chi connectivity index (χ1) is 8.78. The summed E-state index contributed by atoms with van der Waals surface area (Å²) in [5, 5.41) is 0. The Morgan fingerprint density at radius 1 is 1.26 bits per heavy atom. The number of carbonyl (C=O) groups excluding carboxylic acids is 2. The number of hydrogen-bond acceptors (Lipinski definition) is 4. The molecule has 0 N–H and O–H groups in total. The van der Waals surface area contributed by atoms with Crippen LogP contribution in [0.4, 0.5) is 0 Å². The van der Waals surface area contributed by atoms with Gasteiger partial charge in [-0.25, -0.2) is 0 Å². The molecule has 1 aliphatic rings. The minimum Gasteiger partial charge on any atom is -0.468 e. The quantitative estimate of drug-likeness (QED) is 0.447. The van der Waals surface area contributed by atoms with E-state index in [0.29, 0.717) is 12.8 Å². The fourth-order valence-electron chi connectivity index (χ4n) is 2.91. The average Bonchev–Trinajstić information content (AvgIpc) is 2.72. The number of methoxy groups -OCH3 is 2. The van der Waals surface area contributed by atoms with Crippen LogP contribution in [0.5, 0.6) is 0 Å². The number of allylic oxidation sites excluding steroid dienone is 3. The Morgan fingerprint density at radius 3 is 2.00 bits per heavy atom. The molecule has 1 atom stereocenters. The fraction of sp³-hybridized carbons (Fsp3) is 0.600. The monoisotopic (exact) mass is 266 g/mol. The van der Waals surface area contributed by atoms with Gasteiger partial charge in [-0.05, 0) is 26.7 Å². The minimum atomic E-state index is -1.25. The van der Waals surface area contributed by atoms with Gasteiger partial charge in [-0.15, -0.1) is 0 Å². The standard InChI is InChI=1S/C15H22O4/c1-7-11-8-15(12(16)18-5,13(17)19-6)9-14(11,4)10(2)3/h7H,2,8-9H2,1,3-6H3/b11-7+. The molecule has 1 aliphatic carbocycles. The zero-order valence-electron chi connectivity index (χ0n) is 12.3. The Bertz CT molecular complexity index is 431. The Morgan fingerprint density at radius 2 is 1.74 bits per heavy atom. The Labute approximate surface area is 114 Å². The summed E-state index contributed by atoms with van der Waals surface area (Å²) in [6.45, 7) is 9.81. The summed E-state index contributed by atoms with van der Waals surface area (Å²) in [4.78, 5) is 24.3. The van der Waals surface area contributed by atoms with E-state index < -0.39 is 17.4 Å². The molecule has 1 rings (SSSR count). The van der Waals surface area contributed by atoms with Gasteiger partial charge in [0, 0.05) is 5.41 Å². The molecule has 19 heavy (non-hydrogen) atoms. The lowest BCUT2D eigenvalue weighted by molar-refractivity contribution is -0.169. The predicted molar refractivity (Wildman–Crippen MR) is 72.4 cm³/mol. The number of rotatable bonds is 3. The molecule has 0 amide bonds. The molecule has 106 valence electrons. The van der Waals surface area contributed by atoms with E-state index in [9.17, 15) is 9.59 Å². The van der Waals surface area contributed by atoms with Gasteiger partial charge in [0.1, 0.15) is 0 Å². The molecule has 1 unspecified atom stereocenters. The third kappa shape index (κ3) is 2.20. The topological polar surface area (TPSA) is 52.6 Å². The maximum Gasteiger partial charge on any atom is 0.323 e. The lowest BCUT2D eigenvalue weighted by Gasteiger charge is -2.28. The van der Waals surface area contributed by atoms with E-state index in [1.807, 2.05) is 26.8 Å². The molecule has 0 aromatic carbocycles. The molecule has 0 heterocycles. The summed E-state index contributed by atoms with van der Waals surface area (Å²) in [5.41, 5.74) is 0.321. The Hall–Kier alpha value is -1.58. The second kappa shape index (κ2) is 5.19. The predicted octanol–water partition coefficient (Wildman–Crippen LogP) is 2.64. The van der Waals surface area contributed by atoms with Gasteiger partial charge in [0.2, 0.25) is 0 Å². The third-order valence-electron chi connectivity index (χ3n) is 4.30. The van der Waals surface area contributed by atoms with Gasteiger partial charge in [-0.3, -0.25) is 9.59 Å². The molecule has 0 aromatic rings. The van der Waals surface area contributed by atoms with E-state index in [1.165, 1.54) is 14.2 Å². The lowest BCUT2D eigenvalue weighted by atomic mass is 9.75. The van der Waals surface area contributed by atoms with Crippen molar-refractivity contribution < 1.29 is 19.1 Å². The van der Waals surface area contributed by atoms with E-state index in [-0.39, 0.29) is 5.41 Å². The smallest absolute Gasteiger partial charge is 0.323 e. The number of hydrogen-bond donors (Lipinski definition) is 0. The zero-order chi connectivity index (χ0) is 14.8. The lowest BCUT2D eigenvalue weighted by Crippen LogP contribution is -2.40. The molecule has 0 aliphatic heterocycles. The summed E-state index contributed by atoms with van der Waals surface area (Å²) in [6, 6.07) is 0. The number of carbonyl (C=O) groups is 2. The van der Waals surface area contributed by atoms with Crippen LogP contribution >= 0.6 is 0 Å². The number of esters is 2. The van der Waals surface area contributed by atoms with Crippen molar-refractivity contribution in [3.8, 4) is 0 Å². The van der Waals surface area contributed by atoms with Crippen molar-refractivity contribution in [2.45, 2.75) is 33.6 Å². The normalized spacial score (nSPS) is 27.1.